The van der Waals surface area contributed by atoms with Gasteiger partial charge < -0.3 is 0 Å². The summed E-state index contributed by atoms with van der Waals surface area (Å²) in [5.41, 5.74) is 1.43. The highest BCUT2D eigenvalue weighted by molar-refractivity contribution is 7.43. The van der Waals surface area contributed by atoms with E-state index in [1.165, 1.54) is 21.1 Å². The van der Waals surface area contributed by atoms with Crippen molar-refractivity contribution in [3.8, 4) is 0 Å². The summed E-state index contributed by atoms with van der Waals surface area (Å²) in [5, 5.41) is 4.49. The summed E-state index contributed by atoms with van der Waals surface area (Å²) in [6, 6.07) is 45.6. The lowest BCUT2D eigenvalue weighted by atomic mass is 10.2. The minimum Gasteiger partial charge on any atom is -0.0625 e. The Morgan fingerprint density at radius 3 is 1.15 bits per heavy atom. The van der Waals surface area contributed by atoms with E-state index in [0.717, 1.165) is 15.1 Å². The smallest absolute Gasteiger partial charge is 0.0625 e. The standard InChI is InChI=1S/C25H22Si2/c1-5-13-22(14-6-1)21-26-27(23-15-7-2-8-16-23,24-17-9-3-10-18-24)25-19-11-4-12-20-25/h1-20H,21H2. The lowest BCUT2D eigenvalue weighted by molar-refractivity contribution is 1.39. The van der Waals surface area contributed by atoms with Gasteiger partial charge in [0.2, 0.25) is 0 Å². The van der Waals surface area contributed by atoms with Gasteiger partial charge >= 0.3 is 0 Å². The highest BCUT2D eigenvalue weighted by atomic mass is 29.2. The predicted molar refractivity (Wildman–Crippen MR) is 120 cm³/mol. The molecule has 0 spiro atoms. The molecular formula is C25H22Si2. The monoisotopic (exact) mass is 378 g/mol. The molecule has 0 unspecified atom stereocenters. The van der Waals surface area contributed by atoms with Gasteiger partial charge in [-0.25, -0.2) is 0 Å². The van der Waals surface area contributed by atoms with Gasteiger partial charge in [-0.1, -0.05) is 142 Å². The maximum absolute atomic E-state index is 2.34. The summed E-state index contributed by atoms with van der Waals surface area (Å²) < 4.78 is 0. The molecular weight excluding hydrogens is 356 g/mol. The van der Waals surface area contributed by atoms with Crippen molar-refractivity contribution in [1.29, 1.82) is 0 Å². The maximum Gasteiger partial charge on any atom is 0.134 e. The molecule has 0 aliphatic rings. The minimum absolute atomic E-state index is 0.842. The first kappa shape index (κ1) is 17.7. The Morgan fingerprint density at radius 2 is 0.778 bits per heavy atom. The van der Waals surface area contributed by atoms with E-state index < -0.39 is 7.59 Å². The first-order chi connectivity index (χ1) is 13.4. The molecule has 4 rings (SSSR count). The van der Waals surface area contributed by atoms with Gasteiger partial charge in [0.05, 0.1) is 9.04 Å². The van der Waals surface area contributed by atoms with E-state index in [0.29, 0.717) is 0 Å². The highest BCUT2D eigenvalue weighted by Gasteiger charge is 2.38. The van der Waals surface area contributed by atoms with Crippen molar-refractivity contribution in [3.05, 3.63) is 127 Å². The molecule has 4 aromatic rings. The lowest BCUT2D eigenvalue weighted by Crippen LogP contribution is -2.72. The molecule has 0 saturated heterocycles. The minimum atomic E-state index is -2.08. The van der Waals surface area contributed by atoms with Crippen LogP contribution >= 0.6 is 0 Å². The third kappa shape index (κ3) is 3.73. The fraction of sp³-hybridized carbons (Fsp3) is 0.0400. The van der Waals surface area contributed by atoms with Crippen molar-refractivity contribution < 1.29 is 0 Å². The first-order valence-electron chi connectivity index (χ1n) is 9.35. The van der Waals surface area contributed by atoms with Crippen LogP contribution in [0.2, 0.25) is 0 Å². The predicted octanol–water partition coefficient (Wildman–Crippen LogP) is 3.56. The summed E-state index contributed by atoms with van der Waals surface area (Å²) >= 11 is 0. The third-order valence-electron chi connectivity index (χ3n) is 5.02. The van der Waals surface area contributed by atoms with Crippen LogP contribution in [0.15, 0.2) is 121 Å². The van der Waals surface area contributed by atoms with Crippen molar-refractivity contribution in [1.82, 2.24) is 0 Å². The summed E-state index contributed by atoms with van der Waals surface area (Å²) in [4.78, 5) is 0. The summed E-state index contributed by atoms with van der Waals surface area (Å²) in [6.07, 6.45) is 0. The Labute approximate surface area is 165 Å². The summed E-state index contributed by atoms with van der Waals surface area (Å²) in [7, 11) is -1.24. The van der Waals surface area contributed by atoms with Gasteiger partial charge in [0.25, 0.3) is 0 Å². The van der Waals surface area contributed by atoms with Crippen LogP contribution < -0.4 is 15.6 Å². The zero-order chi connectivity index (χ0) is 18.4. The average Bonchev–Trinajstić information content (AvgIpc) is 2.77. The fourth-order valence-corrected chi connectivity index (χ4v) is 12.8. The van der Waals surface area contributed by atoms with Crippen LogP contribution in [0.3, 0.4) is 0 Å². The number of rotatable bonds is 6. The Balaban J connectivity index is 1.89. The molecule has 0 fully saturated rings. The lowest BCUT2D eigenvalue weighted by Gasteiger charge is -2.33. The van der Waals surface area contributed by atoms with Gasteiger partial charge in [-0.3, -0.25) is 0 Å². The van der Waals surface area contributed by atoms with Crippen LogP contribution in [-0.4, -0.2) is 16.6 Å². The van der Waals surface area contributed by atoms with E-state index in [2.05, 4.69) is 121 Å². The van der Waals surface area contributed by atoms with Gasteiger partial charge in [-0.15, -0.1) is 0 Å². The van der Waals surface area contributed by atoms with Crippen molar-refractivity contribution >= 4 is 32.2 Å². The SMILES string of the molecule is c1ccc(C[Si][Si](c2ccccc2)(c2ccccc2)c2ccccc2)cc1. The Morgan fingerprint density at radius 1 is 0.444 bits per heavy atom. The molecule has 0 aliphatic heterocycles. The molecule has 0 amide bonds. The van der Waals surface area contributed by atoms with Crippen LogP contribution in [0.4, 0.5) is 0 Å². The molecule has 2 heteroatoms. The van der Waals surface area contributed by atoms with E-state index in [-0.39, 0.29) is 0 Å². The maximum atomic E-state index is 2.34. The molecule has 0 saturated carbocycles. The summed E-state index contributed by atoms with van der Waals surface area (Å²) in [6.45, 7) is 0. The van der Waals surface area contributed by atoms with Gasteiger partial charge in [0.1, 0.15) is 7.59 Å². The third-order valence-corrected chi connectivity index (χ3v) is 14.5. The van der Waals surface area contributed by atoms with Gasteiger partial charge in [0.15, 0.2) is 0 Å². The van der Waals surface area contributed by atoms with Crippen molar-refractivity contribution in [2.24, 2.45) is 0 Å². The Bertz CT molecular complexity index is 855. The van der Waals surface area contributed by atoms with Crippen molar-refractivity contribution in [3.63, 3.8) is 0 Å². The van der Waals surface area contributed by atoms with Crippen molar-refractivity contribution in [2.45, 2.75) is 6.04 Å². The molecule has 0 N–H and O–H groups in total. The van der Waals surface area contributed by atoms with Crippen LogP contribution in [0.5, 0.6) is 0 Å². The molecule has 4 aromatic carbocycles. The van der Waals surface area contributed by atoms with Crippen LogP contribution in [0.1, 0.15) is 5.56 Å². The highest BCUT2D eigenvalue weighted by Crippen LogP contribution is 2.10. The fourth-order valence-electron chi connectivity index (χ4n) is 3.70. The van der Waals surface area contributed by atoms with E-state index in [1.807, 2.05) is 0 Å². The zero-order valence-corrected chi connectivity index (χ0v) is 17.3. The van der Waals surface area contributed by atoms with Crippen molar-refractivity contribution in [2.75, 3.05) is 0 Å². The topological polar surface area (TPSA) is 0 Å². The second-order valence-corrected chi connectivity index (χ2v) is 13.9. The van der Waals surface area contributed by atoms with Crippen LogP contribution in [0.25, 0.3) is 0 Å². The molecule has 130 valence electrons. The van der Waals surface area contributed by atoms with Crippen LogP contribution in [-0.2, 0) is 6.04 Å². The zero-order valence-electron chi connectivity index (χ0n) is 15.3. The molecule has 27 heavy (non-hydrogen) atoms. The number of hydrogen-bond acceptors (Lipinski definition) is 0. The van der Waals surface area contributed by atoms with E-state index >= 15 is 0 Å². The van der Waals surface area contributed by atoms with E-state index in [1.54, 1.807) is 0 Å². The molecule has 0 heterocycles. The largest absolute Gasteiger partial charge is 0.134 e. The van der Waals surface area contributed by atoms with Gasteiger partial charge in [-0.2, -0.15) is 0 Å². The molecule has 0 atom stereocenters. The number of hydrogen-bond donors (Lipinski definition) is 0. The quantitative estimate of drug-likeness (QED) is 0.355. The summed E-state index contributed by atoms with van der Waals surface area (Å²) in [5.74, 6) is 0. The Kier molecular flexibility index (Phi) is 5.47. The van der Waals surface area contributed by atoms with Crippen LogP contribution in [0, 0.1) is 0 Å². The molecule has 0 nitrogen and oxygen atoms in total. The van der Waals surface area contributed by atoms with Gasteiger partial charge in [-0.05, 0) is 6.04 Å². The number of benzene rings is 4. The second-order valence-electron chi connectivity index (χ2n) is 6.69. The second kappa shape index (κ2) is 8.34. The molecule has 0 aliphatic carbocycles. The first-order valence-corrected chi connectivity index (χ1v) is 13.6. The van der Waals surface area contributed by atoms with E-state index in [4.69, 9.17) is 0 Å². The molecule has 0 bridgehead atoms. The molecule has 0 aromatic heterocycles. The average molecular weight is 379 g/mol. The van der Waals surface area contributed by atoms with Gasteiger partial charge in [0, 0.05) is 0 Å². The normalized spacial score (nSPS) is 11.3. The van der Waals surface area contributed by atoms with E-state index in [9.17, 15) is 0 Å². The molecule has 2 radical (unpaired) electrons. The Hall–Kier alpha value is -2.69.